The average Bonchev–Trinajstić information content (AvgIpc) is 3.03. The number of hydrogen-bond acceptors (Lipinski definition) is 8. The summed E-state index contributed by atoms with van der Waals surface area (Å²) < 4.78 is 40.2. The van der Waals surface area contributed by atoms with Crippen LogP contribution in [0.3, 0.4) is 0 Å². The molecule has 0 bridgehead atoms. The molecule has 0 aliphatic rings. The molecule has 3 rings (SSSR count). The van der Waals surface area contributed by atoms with Crippen molar-refractivity contribution in [3.8, 4) is 11.5 Å². The third kappa shape index (κ3) is 8.46. The lowest BCUT2D eigenvalue weighted by Crippen LogP contribution is -2.53. The predicted octanol–water partition coefficient (Wildman–Crippen LogP) is 5.49. The largest absolute Gasteiger partial charge is 0.497 e. The lowest BCUT2D eigenvalue weighted by molar-refractivity contribution is -0.385. The van der Waals surface area contributed by atoms with E-state index < -0.39 is 49.9 Å². The van der Waals surface area contributed by atoms with Crippen LogP contribution in [0.15, 0.2) is 65.6 Å². The normalized spacial score (nSPS) is 12.5. The zero-order chi connectivity index (χ0) is 34.2. The molecule has 14 heteroatoms. The Kier molecular flexibility index (Phi) is 12.4. The molecule has 248 valence electrons. The van der Waals surface area contributed by atoms with Gasteiger partial charge in [-0.2, -0.15) is 0 Å². The van der Waals surface area contributed by atoms with Crippen LogP contribution in [0, 0.1) is 17.0 Å². The second-order valence-corrected chi connectivity index (χ2v) is 12.9. The first kappa shape index (κ1) is 36.1. The summed E-state index contributed by atoms with van der Waals surface area (Å²) in [7, 11) is -1.80. The van der Waals surface area contributed by atoms with Crippen molar-refractivity contribution in [2.45, 2.75) is 64.1 Å². The number of benzene rings is 3. The molecule has 1 N–H and O–H groups in total. The summed E-state index contributed by atoms with van der Waals surface area (Å²) in [6.07, 6.45) is 0.893. The first-order valence-corrected chi connectivity index (χ1v) is 16.4. The van der Waals surface area contributed by atoms with Crippen molar-refractivity contribution < 1.29 is 32.4 Å². The second-order valence-electron chi connectivity index (χ2n) is 10.6. The number of sulfonamides is 1. The number of carbonyl (C=O) groups is 2. The van der Waals surface area contributed by atoms with Gasteiger partial charge in [0, 0.05) is 29.2 Å². The Morgan fingerprint density at radius 1 is 1.02 bits per heavy atom. The monoisotopic (exact) mass is 674 g/mol. The zero-order valence-electron chi connectivity index (χ0n) is 26.7. The van der Waals surface area contributed by atoms with E-state index in [0.717, 1.165) is 10.4 Å². The number of ether oxygens (including phenoxy) is 2. The Balaban J connectivity index is 2.20. The molecule has 46 heavy (non-hydrogen) atoms. The van der Waals surface area contributed by atoms with E-state index in [0.29, 0.717) is 17.7 Å². The number of nitrogens with zero attached hydrogens (tertiary/aromatic N) is 3. The minimum atomic E-state index is -4.64. The third-order valence-corrected chi connectivity index (χ3v) is 9.52. The fraction of sp³-hybridized carbons (Fsp3) is 0.375. The van der Waals surface area contributed by atoms with Gasteiger partial charge in [-0.15, -0.1) is 0 Å². The lowest BCUT2D eigenvalue weighted by atomic mass is 10.1. The van der Waals surface area contributed by atoms with Gasteiger partial charge in [0.05, 0.1) is 29.7 Å². The molecule has 0 saturated heterocycles. The van der Waals surface area contributed by atoms with Gasteiger partial charge in [0.25, 0.3) is 15.7 Å². The number of methoxy groups -OCH3 is 2. The molecule has 0 aliphatic carbocycles. The van der Waals surface area contributed by atoms with E-state index in [1.807, 2.05) is 13.8 Å². The van der Waals surface area contributed by atoms with Crippen LogP contribution < -0.4 is 19.1 Å². The van der Waals surface area contributed by atoms with Gasteiger partial charge < -0.3 is 19.7 Å². The standard InChI is InChI=1S/C32H39ClN4O8S/c1-7-22(4)34-32(39)27(8-2)35(19-23-10-9-11-25(16-23)44-5)31(38)20-36(29-17-24(33)13-15-30(29)45-6)46(42,43)26-14-12-21(3)28(18-26)37(40)41/h9-18,22,27H,7-8,19-20H2,1-6H3,(H,34,39)/t22-,27-/m1/s1. The molecule has 0 aliphatic heterocycles. The molecule has 2 atom stereocenters. The second kappa shape index (κ2) is 15.8. The summed E-state index contributed by atoms with van der Waals surface area (Å²) in [4.78, 5) is 39.8. The van der Waals surface area contributed by atoms with Crippen LogP contribution in [0.25, 0.3) is 0 Å². The topological polar surface area (TPSA) is 148 Å². The van der Waals surface area contributed by atoms with Crippen LogP contribution in [0.4, 0.5) is 11.4 Å². The summed E-state index contributed by atoms with van der Waals surface area (Å²) in [5.41, 5.74) is 0.434. The van der Waals surface area contributed by atoms with Gasteiger partial charge in [-0.3, -0.25) is 24.0 Å². The number of nitro benzene ring substituents is 1. The van der Waals surface area contributed by atoms with Gasteiger partial charge in [-0.1, -0.05) is 43.6 Å². The molecule has 3 aromatic rings. The van der Waals surface area contributed by atoms with Gasteiger partial charge in [-0.25, -0.2) is 8.42 Å². The Morgan fingerprint density at radius 3 is 2.35 bits per heavy atom. The fourth-order valence-electron chi connectivity index (χ4n) is 4.77. The molecular weight excluding hydrogens is 636 g/mol. The van der Waals surface area contributed by atoms with Crippen molar-refractivity contribution in [1.29, 1.82) is 0 Å². The van der Waals surface area contributed by atoms with Crippen molar-refractivity contribution in [1.82, 2.24) is 10.2 Å². The third-order valence-electron chi connectivity index (χ3n) is 7.53. The number of rotatable bonds is 15. The Labute approximate surface area is 274 Å². The minimum absolute atomic E-state index is 0.0426. The van der Waals surface area contributed by atoms with Gasteiger partial charge in [-0.05, 0) is 68.7 Å². The maximum atomic E-state index is 14.4. The molecular formula is C32H39ClN4O8S. The number of carbonyl (C=O) groups excluding carboxylic acids is 2. The van der Waals surface area contributed by atoms with Gasteiger partial charge in [0.15, 0.2) is 0 Å². The molecule has 0 radical (unpaired) electrons. The molecule has 0 heterocycles. The SMILES string of the molecule is CC[C@@H](C)NC(=O)[C@@H](CC)N(Cc1cccc(OC)c1)C(=O)CN(c1cc(Cl)ccc1OC)S(=O)(=O)c1ccc(C)c([N+](=O)[O-])c1. The maximum absolute atomic E-state index is 14.4. The predicted molar refractivity (Wildman–Crippen MR) is 176 cm³/mol. The summed E-state index contributed by atoms with van der Waals surface area (Å²) >= 11 is 6.29. The van der Waals surface area contributed by atoms with Crippen LogP contribution >= 0.6 is 11.6 Å². The fourth-order valence-corrected chi connectivity index (χ4v) is 6.38. The highest BCUT2D eigenvalue weighted by atomic mass is 35.5. The summed E-state index contributed by atoms with van der Waals surface area (Å²) in [5, 5.41) is 14.8. The average molecular weight is 675 g/mol. The number of aryl methyl sites for hydroxylation is 1. The molecule has 0 spiro atoms. The first-order valence-electron chi connectivity index (χ1n) is 14.6. The van der Waals surface area contributed by atoms with E-state index in [4.69, 9.17) is 21.1 Å². The zero-order valence-corrected chi connectivity index (χ0v) is 28.2. The summed E-state index contributed by atoms with van der Waals surface area (Å²) in [5.74, 6) is -0.475. The minimum Gasteiger partial charge on any atom is -0.497 e. The van der Waals surface area contributed by atoms with E-state index in [2.05, 4.69) is 5.32 Å². The van der Waals surface area contributed by atoms with Crippen molar-refractivity contribution >= 4 is 44.8 Å². The van der Waals surface area contributed by atoms with Crippen molar-refractivity contribution in [2.24, 2.45) is 0 Å². The van der Waals surface area contributed by atoms with E-state index in [1.165, 1.54) is 56.4 Å². The van der Waals surface area contributed by atoms with E-state index in [9.17, 15) is 28.1 Å². The number of amides is 2. The quantitative estimate of drug-likeness (QED) is 0.164. The van der Waals surface area contributed by atoms with Crippen LogP contribution in [-0.4, -0.2) is 62.9 Å². The lowest BCUT2D eigenvalue weighted by Gasteiger charge is -2.34. The summed E-state index contributed by atoms with van der Waals surface area (Å²) in [6, 6.07) is 13.6. The van der Waals surface area contributed by atoms with Gasteiger partial charge in [0.2, 0.25) is 11.8 Å². The van der Waals surface area contributed by atoms with Crippen LogP contribution in [0.1, 0.15) is 44.7 Å². The van der Waals surface area contributed by atoms with E-state index in [-0.39, 0.29) is 41.0 Å². The molecule has 2 amide bonds. The highest BCUT2D eigenvalue weighted by molar-refractivity contribution is 7.92. The molecule has 0 unspecified atom stereocenters. The van der Waals surface area contributed by atoms with Crippen LogP contribution in [0.5, 0.6) is 11.5 Å². The van der Waals surface area contributed by atoms with Crippen molar-refractivity contribution in [2.75, 3.05) is 25.1 Å². The van der Waals surface area contributed by atoms with Crippen LogP contribution in [-0.2, 0) is 26.2 Å². The molecule has 0 aromatic heterocycles. The number of anilines is 1. The van der Waals surface area contributed by atoms with Gasteiger partial charge in [0.1, 0.15) is 24.1 Å². The Bertz CT molecular complexity index is 1680. The smallest absolute Gasteiger partial charge is 0.273 e. The maximum Gasteiger partial charge on any atom is 0.273 e. The molecule has 0 saturated carbocycles. The van der Waals surface area contributed by atoms with Crippen molar-refractivity contribution in [3.05, 3.63) is 86.9 Å². The van der Waals surface area contributed by atoms with Crippen LogP contribution in [0.2, 0.25) is 5.02 Å². The Hall–Kier alpha value is -4.36. The van der Waals surface area contributed by atoms with Gasteiger partial charge >= 0.3 is 0 Å². The molecule has 0 fully saturated rings. The number of nitro groups is 1. The van der Waals surface area contributed by atoms with Crippen molar-refractivity contribution in [3.63, 3.8) is 0 Å². The number of hydrogen-bond donors (Lipinski definition) is 1. The number of halogens is 1. The van der Waals surface area contributed by atoms with E-state index >= 15 is 0 Å². The Morgan fingerprint density at radius 2 is 1.74 bits per heavy atom. The first-order chi connectivity index (χ1) is 21.8. The highest BCUT2D eigenvalue weighted by Crippen LogP contribution is 2.36. The molecule has 12 nitrogen and oxygen atoms in total. The molecule has 3 aromatic carbocycles. The highest BCUT2D eigenvalue weighted by Gasteiger charge is 2.36. The van der Waals surface area contributed by atoms with E-state index in [1.54, 1.807) is 31.2 Å². The number of nitrogens with one attached hydrogen (secondary N) is 1. The summed E-state index contributed by atoms with van der Waals surface area (Å²) in [6.45, 7) is 6.19.